The molecule has 0 aliphatic heterocycles. The van der Waals surface area contributed by atoms with Gasteiger partial charge < -0.3 is 5.32 Å². The van der Waals surface area contributed by atoms with Crippen LogP contribution in [0.25, 0.3) is 0 Å². The molecule has 5 heteroatoms. The lowest BCUT2D eigenvalue weighted by molar-refractivity contribution is 0.767. The van der Waals surface area contributed by atoms with Crippen LogP contribution in [0.1, 0.15) is 16.1 Å². The lowest BCUT2D eigenvalue weighted by Crippen LogP contribution is -2.03. The molecule has 0 amide bonds. The van der Waals surface area contributed by atoms with Gasteiger partial charge in [0.25, 0.3) is 0 Å². The first kappa shape index (κ1) is 11.1. The summed E-state index contributed by atoms with van der Waals surface area (Å²) in [5.74, 6) is 0. The van der Waals surface area contributed by atoms with E-state index in [1.54, 1.807) is 11.3 Å². The lowest BCUT2D eigenvalue weighted by atomic mass is 10.2. The average molecular weight is 236 g/mol. The number of aryl methyl sites for hydroxylation is 3. The third kappa shape index (κ3) is 2.61. The SMILES string of the molecule is Cc1nc(NCCc2cnn(C)c2)sc1C. The van der Waals surface area contributed by atoms with Crippen LogP contribution in [-0.4, -0.2) is 21.3 Å². The molecule has 0 saturated heterocycles. The zero-order valence-electron chi connectivity index (χ0n) is 9.82. The Morgan fingerprint density at radius 1 is 1.44 bits per heavy atom. The minimum absolute atomic E-state index is 0.901. The van der Waals surface area contributed by atoms with Gasteiger partial charge >= 0.3 is 0 Å². The van der Waals surface area contributed by atoms with Crippen molar-refractivity contribution in [3.05, 3.63) is 28.5 Å². The van der Waals surface area contributed by atoms with Crippen molar-refractivity contribution in [1.29, 1.82) is 0 Å². The molecule has 0 unspecified atom stereocenters. The fourth-order valence-electron chi connectivity index (χ4n) is 1.46. The van der Waals surface area contributed by atoms with Crippen LogP contribution in [0.5, 0.6) is 0 Å². The molecule has 0 aliphatic carbocycles. The summed E-state index contributed by atoms with van der Waals surface area (Å²) in [4.78, 5) is 5.71. The van der Waals surface area contributed by atoms with Crippen LogP contribution in [0.2, 0.25) is 0 Å². The van der Waals surface area contributed by atoms with Gasteiger partial charge in [0.15, 0.2) is 5.13 Å². The zero-order valence-corrected chi connectivity index (χ0v) is 10.6. The number of hydrogen-bond donors (Lipinski definition) is 1. The topological polar surface area (TPSA) is 42.7 Å². The summed E-state index contributed by atoms with van der Waals surface area (Å²) < 4.78 is 1.83. The Kier molecular flexibility index (Phi) is 3.24. The summed E-state index contributed by atoms with van der Waals surface area (Å²) in [7, 11) is 1.93. The minimum Gasteiger partial charge on any atom is -0.361 e. The maximum atomic E-state index is 4.43. The Balaban J connectivity index is 1.84. The van der Waals surface area contributed by atoms with Crippen LogP contribution in [0.3, 0.4) is 0 Å². The van der Waals surface area contributed by atoms with Crippen molar-refractivity contribution in [2.45, 2.75) is 20.3 Å². The molecule has 2 heterocycles. The molecule has 0 radical (unpaired) electrons. The molecule has 2 rings (SSSR count). The lowest BCUT2D eigenvalue weighted by Gasteiger charge is -1.99. The molecule has 0 fully saturated rings. The van der Waals surface area contributed by atoms with Gasteiger partial charge in [0.1, 0.15) is 0 Å². The number of aromatic nitrogens is 3. The molecule has 0 bridgehead atoms. The van der Waals surface area contributed by atoms with Crippen molar-refractivity contribution in [2.24, 2.45) is 7.05 Å². The van der Waals surface area contributed by atoms with Gasteiger partial charge in [-0.2, -0.15) is 5.10 Å². The Bertz CT molecular complexity index is 453. The molecular weight excluding hydrogens is 220 g/mol. The van der Waals surface area contributed by atoms with E-state index in [1.807, 2.05) is 31.0 Å². The number of thiazole rings is 1. The van der Waals surface area contributed by atoms with E-state index >= 15 is 0 Å². The van der Waals surface area contributed by atoms with E-state index < -0.39 is 0 Å². The van der Waals surface area contributed by atoms with E-state index in [0.717, 1.165) is 23.8 Å². The van der Waals surface area contributed by atoms with Crippen molar-refractivity contribution >= 4 is 16.5 Å². The third-order valence-corrected chi connectivity index (χ3v) is 3.51. The first-order chi connectivity index (χ1) is 7.65. The number of nitrogens with zero attached hydrogens (tertiary/aromatic N) is 3. The number of nitrogens with one attached hydrogen (secondary N) is 1. The second kappa shape index (κ2) is 4.65. The average Bonchev–Trinajstić information content (AvgIpc) is 2.75. The molecular formula is C11H16N4S. The minimum atomic E-state index is 0.901. The molecule has 4 nitrogen and oxygen atoms in total. The summed E-state index contributed by atoms with van der Waals surface area (Å²) in [6.45, 7) is 5.04. The van der Waals surface area contributed by atoms with Crippen molar-refractivity contribution in [2.75, 3.05) is 11.9 Å². The Morgan fingerprint density at radius 3 is 2.81 bits per heavy atom. The highest BCUT2D eigenvalue weighted by atomic mass is 32.1. The second-order valence-electron chi connectivity index (χ2n) is 3.86. The molecule has 0 spiro atoms. The highest BCUT2D eigenvalue weighted by molar-refractivity contribution is 7.15. The van der Waals surface area contributed by atoms with Crippen LogP contribution in [-0.2, 0) is 13.5 Å². The third-order valence-electron chi connectivity index (χ3n) is 2.48. The highest BCUT2D eigenvalue weighted by Crippen LogP contribution is 2.20. The fraction of sp³-hybridized carbons (Fsp3) is 0.455. The van der Waals surface area contributed by atoms with Crippen molar-refractivity contribution < 1.29 is 0 Å². The smallest absolute Gasteiger partial charge is 0.183 e. The first-order valence-corrected chi connectivity index (χ1v) is 6.12. The highest BCUT2D eigenvalue weighted by Gasteiger charge is 2.02. The van der Waals surface area contributed by atoms with Gasteiger partial charge in [-0.05, 0) is 25.8 Å². The normalized spacial score (nSPS) is 10.7. The molecule has 86 valence electrons. The molecule has 0 saturated carbocycles. The molecule has 0 aliphatic rings. The molecule has 0 aromatic carbocycles. The van der Waals surface area contributed by atoms with Gasteiger partial charge in [-0.1, -0.05) is 0 Å². The summed E-state index contributed by atoms with van der Waals surface area (Å²) >= 11 is 1.71. The molecule has 16 heavy (non-hydrogen) atoms. The van der Waals surface area contributed by atoms with E-state index in [9.17, 15) is 0 Å². The van der Waals surface area contributed by atoms with Crippen LogP contribution in [0.15, 0.2) is 12.4 Å². The predicted molar refractivity (Wildman–Crippen MR) is 67.0 cm³/mol. The monoisotopic (exact) mass is 236 g/mol. The summed E-state index contributed by atoms with van der Waals surface area (Å²) in [5.41, 5.74) is 2.37. The number of rotatable bonds is 4. The molecule has 2 aromatic heterocycles. The summed E-state index contributed by atoms with van der Waals surface area (Å²) in [6, 6.07) is 0. The maximum Gasteiger partial charge on any atom is 0.183 e. The maximum absolute atomic E-state index is 4.43. The van der Waals surface area contributed by atoms with Crippen molar-refractivity contribution in [3.8, 4) is 0 Å². The molecule has 2 aromatic rings. The van der Waals surface area contributed by atoms with Gasteiger partial charge in [-0.15, -0.1) is 11.3 Å². The van der Waals surface area contributed by atoms with Crippen molar-refractivity contribution in [1.82, 2.24) is 14.8 Å². The predicted octanol–water partition coefficient (Wildman–Crippen LogP) is 2.15. The van der Waals surface area contributed by atoms with E-state index in [-0.39, 0.29) is 0 Å². The quantitative estimate of drug-likeness (QED) is 0.884. The molecule has 1 N–H and O–H groups in total. The van der Waals surface area contributed by atoms with Gasteiger partial charge in [0.05, 0.1) is 11.9 Å². The Labute approximate surface area is 99.3 Å². The first-order valence-electron chi connectivity index (χ1n) is 5.30. The van der Waals surface area contributed by atoms with E-state index in [1.165, 1.54) is 10.4 Å². The van der Waals surface area contributed by atoms with Gasteiger partial charge in [-0.3, -0.25) is 4.68 Å². The van der Waals surface area contributed by atoms with E-state index in [0.29, 0.717) is 0 Å². The molecule has 0 atom stereocenters. The fourth-order valence-corrected chi connectivity index (χ4v) is 2.30. The zero-order chi connectivity index (χ0) is 11.5. The van der Waals surface area contributed by atoms with Crippen molar-refractivity contribution in [3.63, 3.8) is 0 Å². The summed E-state index contributed by atoms with van der Waals surface area (Å²) in [6.07, 6.45) is 4.92. The van der Waals surface area contributed by atoms with E-state index in [4.69, 9.17) is 0 Å². The Hall–Kier alpha value is -1.36. The summed E-state index contributed by atoms with van der Waals surface area (Å²) in [5, 5.41) is 8.48. The van der Waals surface area contributed by atoms with Crippen LogP contribution < -0.4 is 5.32 Å². The van der Waals surface area contributed by atoms with E-state index in [2.05, 4.69) is 22.3 Å². The van der Waals surface area contributed by atoms with Crippen LogP contribution >= 0.6 is 11.3 Å². The van der Waals surface area contributed by atoms with Gasteiger partial charge in [0.2, 0.25) is 0 Å². The van der Waals surface area contributed by atoms with Gasteiger partial charge in [-0.25, -0.2) is 4.98 Å². The largest absolute Gasteiger partial charge is 0.361 e. The standard InChI is InChI=1S/C11H16N4S/c1-8-9(2)16-11(14-8)12-5-4-10-6-13-15(3)7-10/h6-7H,4-5H2,1-3H3,(H,12,14). The number of hydrogen-bond acceptors (Lipinski definition) is 4. The second-order valence-corrected chi connectivity index (χ2v) is 5.06. The van der Waals surface area contributed by atoms with Crippen LogP contribution in [0.4, 0.5) is 5.13 Å². The Morgan fingerprint density at radius 2 is 2.25 bits per heavy atom. The van der Waals surface area contributed by atoms with Gasteiger partial charge in [0, 0.05) is 24.7 Å². The number of anilines is 1. The van der Waals surface area contributed by atoms with Crippen LogP contribution in [0, 0.1) is 13.8 Å².